The molecule has 1 aliphatic heterocycles. The van der Waals surface area contributed by atoms with Gasteiger partial charge in [-0.15, -0.1) is 0 Å². The minimum atomic E-state index is -0.538. The van der Waals surface area contributed by atoms with Gasteiger partial charge in [-0.1, -0.05) is 0 Å². The Hall–Kier alpha value is -2.88. The number of benzene rings is 1. The molecular weight excluding hydrogens is 450 g/mol. The van der Waals surface area contributed by atoms with Crippen molar-refractivity contribution in [1.29, 1.82) is 0 Å². The van der Waals surface area contributed by atoms with Crippen LogP contribution < -0.4 is 20.7 Å². The Morgan fingerprint density at radius 2 is 1.74 bits per heavy atom. The Labute approximate surface area is 205 Å². The highest BCUT2D eigenvalue weighted by Gasteiger charge is 2.51. The lowest BCUT2D eigenvalue weighted by Gasteiger charge is -2.56. The van der Waals surface area contributed by atoms with Crippen LogP contribution in [-0.4, -0.2) is 60.1 Å². The molecule has 0 aromatic heterocycles. The van der Waals surface area contributed by atoms with E-state index < -0.39 is 4.92 Å². The smallest absolute Gasteiger partial charge is 0.315 e. The van der Waals surface area contributed by atoms with Crippen molar-refractivity contribution in [3.05, 3.63) is 28.3 Å². The summed E-state index contributed by atoms with van der Waals surface area (Å²) >= 11 is 0. The van der Waals surface area contributed by atoms with Crippen LogP contribution in [0.5, 0.6) is 5.75 Å². The summed E-state index contributed by atoms with van der Waals surface area (Å²) in [6.45, 7) is 1.51. The van der Waals surface area contributed by atoms with Crippen LogP contribution in [0.1, 0.15) is 51.4 Å². The summed E-state index contributed by atoms with van der Waals surface area (Å²) in [5, 5.41) is 20.5. The molecular formula is C25H35N5O5. The van der Waals surface area contributed by atoms with E-state index in [0.29, 0.717) is 18.8 Å². The van der Waals surface area contributed by atoms with Crippen molar-refractivity contribution in [3.8, 4) is 5.75 Å². The van der Waals surface area contributed by atoms with Crippen molar-refractivity contribution in [2.24, 2.45) is 17.8 Å². The van der Waals surface area contributed by atoms with Crippen LogP contribution in [0.4, 0.5) is 16.2 Å². The number of hydrogen-bond acceptors (Lipinski definition) is 6. The molecule has 4 saturated carbocycles. The summed E-state index contributed by atoms with van der Waals surface area (Å²) in [5.74, 6) is 2.42. The van der Waals surface area contributed by atoms with Crippen LogP contribution in [0.15, 0.2) is 18.2 Å². The molecule has 4 aliphatic carbocycles. The average molecular weight is 486 g/mol. The number of amides is 3. The summed E-state index contributed by atoms with van der Waals surface area (Å²) in [7, 11) is 1.43. The van der Waals surface area contributed by atoms with E-state index in [2.05, 4.69) is 16.0 Å². The number of carbonyl (C=O) groups is 2. The molecule has 0 radical (unpaired) electrons. The molecule has 10 nitrogen and oxygen atoms in total. The van der Waals surface area contributed by atoms with E-state index >= 15 is 0 Å². The van der Waals surface area contributed by atoms with E-state index in [4.69, 9.17) is 4.74 Å². The Kier molecular flexibility index (Phi) is 6.57. The molecule has 5 aliphatic rings. The molecule has 1 saturated heterocycles. The molecule has 0 atom stereocenters. The number of carbonyl (C=O) groups excluding carboxylic acids is 2. The van der Waals surface area contributed by atoms with Crippen LogP contribution >= 0.6 is 0 Å². The maximum absolute atomic E-state index is 12.8. The summed E-state index contributed by atoms with van der Waals surface area (Å²) in [6.07, 6.45) is 8.97. The molecule has 190 valence electrons. The first-order chi connectivity index (χ1) is 16.8. The van der Waals surface area contributed by atoms with Crippen molar-refractivity contribution >= 4 is 23.3 Å². The summed E-state index contributed by atoms with van der Waals surface area (Å²) in [6, 6.07) is 4.39. The first-order valence-electron chi connectivity index (χ1n) is 12.7. The van der Waals surface area contributed by atoms with Gasteiger partial charge in [-0.25, -0.2) is 4.79 Å². The second-order valence-corrected chi connectivity index (χ2v) is 11.0. The number of likely N-dealkylation sites (tertiary alicyclic amines) is 1. The van der Waals surface area contributed by atoms with E-state index in [9.17, 15) is 19.7 Å². The number of nitro groups is 1. The number of nitrogens with one attached hydrogen (secondary N) is 3. The fraction of sp³-hybridized carbons (Fsp3) is 0.680. The van der Waals surface area contributed by atoms with E-state index in [-0.39, 0.29) is 41.4 Å². The van der Waals surface area contributed by atoms with E-state index in [1.54, 1.807) is 6.07 Å². The summed E-state index contributed by atoms with van der Waals surface area (Å²) in [4.78, 5) is 38.2. The molecule has 6 rings (SSSR count). The predicted octanol–water partition coefficient (Wildman–Crippen LogP) is 3.27. The molecule has 4 bridgehead atoms. The second kappa shape index (κ2) is 9.64. The van der Waals surface area contributed by atoms with Crippen LogP contribution in [0.3, 0.4) is 0 Å². The van der Waals surface area contributed by atoms with Crippen LogP contribution in [0, 0.1) is 27.9 Å². The largest absolute Gasteiger partial charge is 0.496 e. The molecule has 0 spiro atoms. The molecule has 35 heavy (non-hydrogen) atoms. The summed E-state index contributed by atoms with van der Waals surface area (Å²) in [5.41, 5.74) is -0.0499. The van der Waals surface area contributed by atoms with Crippen molar-refractivity contribution in [2.45, 2.75) is 62.9 Å². The van der Waals surface area contributed by atoms with E-state index in [1.807, 2.05) is 4.90 Å². The summed E-state index contributed by atoms with van der Waals surface area (Å²) < 4.78 is 5.03. The zero-order valence-electron chi connectivity index (χ0n) is 20.3. The van der Waals surface area contributed by atoms with Gasteiger partial charge in [-0.2, -0.15) is 0 Å². The number of nitro benzene ring substituents is 1. The van der Waals surface area contributed by atoms with Crippen molar-refractivity contribution in [1.82, 2.24) is 15.5 Å². The van der Waals surface area contributed by atoms with Gasteiger partial charge in [-0.3, -0.25) is 19.8 Å². The highest BCUT2D eigenvalue weighted by Crippen LogP contribution is 2.55. The Balaban J connectivity index is 1.07. The fourth-order valence-electron chi connectivity index (χ4n) is 7.25. The minimum Gasteiger partial charge on any atom is -0.496 e. The minimum absolute atomic E-state index is 0.00168. The quantitative estimate of drug-likeness (QED) is 0.402. The van der Waals surface area contributed by atoms with Gasteiger partial charge in [0.05, 0.1) is 24.6 Å². The second-order valence-electron chi connectivity index (χ2n) is 11.0. The molecule has 5 fully saturated rings. The normalized spacial score (nSPS) is 30.0. The van der Waals surface area contributed by atoms with Crippen LogP contribution in [0.25, 0.3) is 0 Å². The number of rotatable bonds is 7. The third-order valence-electron chi connectivity index (χ3n) is 8.38. The Bertz CT molecular complexity index is 955. The number of methoxy groups -OCH3 is 1. The number of anilines is 1. The third-order valence-corrected chi connectivity index (χ3v) is 8.38. The topological polar surface area (TPSA) is 126 Å². The highest BCUT2D eigenvalue weighted by molar-refractivity contribution is 5.94. The molecule has 3 N–H and O–H groups in total. The van der Waals surface area contributed by atoms with Crippen molar-refractivity contribution < 1.29 is 19.2 Å². The Morgan fingerprint density at radius 1 is 1.11 bits per heavy atom. The number of piperidine rings is 1. The van der Waals surface area contributed by atoms with Gasteiger partial charge in [-0.05, 0) is 81.3 Å². The van der Waals surface area contributed by atoms with Gasteiger partial charge in [0, 0.05) is 24.7 Å². The maximum Gasteiger partial charge on any atom is 0.315 e. The number of nitrogens with zero attached hydrogens (tertiary/aromatic N) is 2. The maximum atomic E-state index is 12.8. The highest BCUT2D eigenvalue weighted by atomic mass is 16.6. The lowest BCUT2D eigenvalue weighted by Crippen LogP contribution is -2.62. The zero-order valence-corrected chi connectivity index (χ0v) is 20.3. The van der Waals surface area contributed by atoms with Crippen LogP contribution in [-0.2, 0) is 4.79 Å². The molecule has 1 aromatic rings. The van der Waals surface area contributed by atoms with E-state index in [0.717, 1.165) is 49.9 Å². The standard InChI is InChI=1S/C25H35N5O5/c1-35-20-2-3-21(22(11-20)30(33)34)27-23(31)15-29-6-4-19(5-7-29)26-24(32)28-25-12-16-8-17(13-25)10-18(9-16)14-25/h2-3,11,16-19H,4-10,12-15H2,1H3,(H,27,31)(H2,26,28,32). The number of ether oxygens (including phenoxy) is 1. The SMILES string of the molecule is COc1ccc(NC(=O)CN2CCC(NC(=O)NC34CC5CC(CC(C5)C3)C4)CC2)c([N+](=O)[O-])c1. The van der Waals surface area contributed by atoms with Crippen molar-refractivity contribution in [2.75, 3.05) is 32.1 Å². The number of urea groups is 1. The zero-order chi connectivity index (χ0) is 24.6. The van der Waals surface area contributed by atoms with E-state index in [1.165, 1.54) is 38.5 Å². The molecule has 0 unspecified atom stereocenters. The van der Waals surface area contributed by atoms with Gasteiger partial charge in [0.15, 0.2) is 0 Å². The fourth-order valence-corrected chi connectivity index (χ4v) is 7.25. The first kappa shape index (κ1) is 23.8. The van der Waals surface area contributed by atoms with Crippen molar-refractivity contribution in [3.63, 3.8) is 0 Å². The van der Waals surface area contributed by atoms with Gasteiger partial charge in [0.1, 0.15) is 11.4 Å². The van der Waals surface area contributed by atoms with Crippen LogP contribution in [0.2, 0.25) is 0 Å². The first-order valence-corrected chi connectivity index (χ1v) is 12.7. The molecule has 10 heteroatoms. The van der Waals surface area contributed by atoms with Gasteiger partial charge >= 0.3 is 6.03 Å². The monoisotopic (exact) mass is 485 g/mol. The lowest BCUT2D eigenvalue weighted by atomic mass is 9.53. The molecule has 3 amide bonds. The average Bonchev–Trinajstić information content (AvgIpc) is 2.79. The van der Waals surface area contributed by atoms with Gasteiger partial charge in [0.2, 0.25) is 5.91 Å². The van der Waals surface area contributed by atoms with Gasteiger partial charge < -0.3 is 20.7 Å². The lowest BCUT2D eigenvalue weighted by molar-refractivity contribution is -0.384. The predicted molar refractivity (Wildman–Crippen MR) is 130 cm³/mol. The van der Waals surface area contributed by atoms with Gasteiger partial charge in [0.25, 0.3) is 5.69 Å². The number of hydrogen-bond donors (Lipinski definition) is 3. The molecule has 1 aromatic carbocycles. The Morgan fingerprint density at radius 3 is 2.31 bits per heavy atom. The third kappa shape index (κ3) is 5.37. The molecule has 1 heterocycles.